The van der Waals surface area contributed by atoms with Crippen LogP contribution in [-0.2, 0) is 0 Å². The maximum absolute atomic E-state index is 5.91. The lowest BCUT2D eigenvalue weighted by Gasteiger charge is -2.12. The number of thiophene rings is 1. The Morgan fingerprint density at radius 3 is 2.79 bits per heavy atom. The lowest BCUT2D eigenvalue weighted by molar-refractivity contribution is 0.625. The number of rotatable bonds is 2. The fraction of sp³-hybridized carbons (Fsp3) is 0.286. The molecule has 0 atom stereocenters. The Hall–Kier alpha value is -1.88. The van der Waals surface area contributed by atoms with E-state index in [1.165, 1.54) is 5.56 Å². The molecule has 3 rings (SSSR count). The molecule has 2 N–H and O–H groups in total. The molecule has 0 aromatic carbocycles. The fourth-order valence-corrected chi connectivity index (χ4v) is 3.29. The molecule has 0 aliphatic heterocycles. The molecule has 0 spiro atoms. The van der Waals surface area contributed by atoms with Gasteiger partial charge in [0.1, 0.15) is 5.52 Å². The van der Waals surface area contributed by atoms with Crippen molar-refractivity contribution >= 4 is 27.4 Å². The quantitative estimate of drug-likeness (QED) is 0.775. The van der Waals surface area contributed by atoms with Crippen LogP contribution in [0.25, 0.3) is 21.7 Å². The van der Waals surface area contributed by atoms with Gasteiger partial charge in [-0.3, -0.25) is 4.98 Å². The topological polar surface area (TPSA) is 56.7 Å². The number of hydrogen-bond donors (Lipinski definition) is 1. The molecule has 0 unspecified atom stereocenters. The average Bonchev–Trinajstić information content (AvgIpc) is 2.88. The van der Waals surface area contributed by atoms with E-state index in [1.54, 1.807) is 11.3 Å². The van der Waals surface area contributed by atoms with E-state index in [1.807, 2.05) is 24.5 Å². The predicted molar refractivity (Wildman–Crippen MR) is 80.4 cm³/mol. The standard InChI is InChI=1S/C14H16N4S/c1-8(2)18-11-4-5-16-7-10(11)17-14(18)13-9(3)6-12(15)19-13/h4-8H,15H2,1-3H3. The van der Waals surface area contributed by atoms with E-state index in [4.69, 9.17) is 10.7 Å². The number of nitrogens with two attached hydrogens (primary N) is 1. The van der Waals surface area contributed by atoms with Crippen LogP contribution >= 0.6 is 11.3 Å². The van der Waals surface area contributed by atoms with Gasteiger partial charge in [-0.2, -0.15) is 0 Å². The van der Waals surface area contributed by atoms with Crippen LogP contribution < -0.4 is 5.73 Å². The summed E-state index contributed by atoms with van der Waals surface area (Å²) >= 11 is 1.59. The highest BCUT2D eigenvalue weighted by Crippen LogP contribution is 2.36. The lowest BCUT2D eigenvalue weighted by Crippen LogP contribution is -2.02. The fourth-order valence-electron chi connectivity index (χ4n) is 2.36. The third kappa shape index (κ3) is 1.90. The normalized spacial score (nSPS) is 11.6. The summed E-state index contributed by atoms with van der Waals surface area (Å²) in [5.41, 5.74) is 9.13. The van der Waals surface area contributed by atoms with Crippen molar-refractivity contribution in [3.8, 4) is 10.7 Å². The molecule has 0 aliphatic rings. The molecule has 19 heavy (non-hydrogen) atoms. The SMILES string of the molecule is Cc1cc(N)sc1-c1nc2cnccc2n1C(C)C. The Labute approximate surface area is 115 Å². The number of imidazole rings is 1. The number of anilines is 1. The van der Waals surface area contributed by atoms with E-state index in [0.717, 1.165) is 26.7 Å². The summed E-state index contributed by atoms with van der Waals surface area (Å²) in [6, 6.07) is 4.35. The number of hydrogen-bond acceptors (Lipinski definition) is 4. The van der Waals surface area contributed by atoms with Crippen LogP contribution in [0.4, 0.5) is 5.00 Å². The van der Waals surface area contributed by atoms with Crippen LogP contribution in [0.1, 0.15) is 25.5 Å². The third-order valence-corrected chi connectivity index (χ3v) is 4.21. The second kappa shape index (κ2) is 4.35. The Kier molecular flexibility index (Phi) is 2.78. The van der Waals surface area contributed by atoms with Crippen molar-refractivity contribution in [1.82, 2.24) is 14.5 Å². The van der Waals surface area contributed by atoms with Crippen molar-refractivity contribution in [2.24, 2.45) is 0 Å². The number of nitrogen functional groups attached to an aromatic ring is 1. The summed E-state index contributed by atoms with van der Waals surface area (Å²) in [5, 5.41) is 0.827. The second-order valence-corrected chi connectivity index (χ2v) is 6.01. The molecule has 5 heteroatoms. The largest absolute Gasteiger partial charge is 0.391 e. The first-order chi connectivity index (χ1) is 9.08. The van der Waals surface area contributed by atoms with Gasteiger partial charge in [0.2, 0.25) is 0 Å². The third-order valence-electron chi connectivity index (χ3n) is 3.15. The van der Waals surface area contributed by atoms with E-state index in [9.17, 15) is 0 Å². The number of aromatic nitrogens is 3. The molecule has 0 saturated heterocycles. The first-order valence-corrected chi connectivity index (χ1v) is 7.08. The summed E-state index contributed by atoms with van der Waals surface area (Å²) in [6.07, 6.45) is 3.62. The van der Waals surface area contributed by atoms with Gasteiger partial charge < -0.3 is 10.3 Å². The summed E-state index contributed by atoms with van der Waals surface area (Å²) in [6.45, 7) is 6.40. The van der Waals surface area contributed by atoms with Crippen LogP contribution in [0.15, 0.2) is 24.5 Å². The molecule has 4 nitrogen and oxygen atoms in total. The van der Waals surface area contributed by atoms with Gasteiger partial charge in [-0.05, 0) is 38.5 Å². The highest BCUT2D eigenvalue weighted by Gasteiger charge is 2.18. The van der Waals surface area contributed by atoms with Crippen molar-refractivity contribution in [2.75, 3.05) is 5.73 Å². The Morgan fingerprint density at radius 1 is 1.37 bits per heavy atom. The maximum atomic E-state index is 5.91. The second-order valence-electron chi connectivity index (χ2n) is 4.92. The van der Waals surface area contributed by atoms with E-state index < -0.39 is 0 Å². The van der Waals surface area contributed by atoms with Gasteiger partial charge in [-0.1, -0.05) is 0 Å². The van der Waals surface area contributed by atoms with Crippen molar-refractivity contribution < 1.29 is 0 Å². The van der Waals surface area contributed by atoms with Crippen molar-refractivity contribution in [3.05, 3.63) is 30.1 Å². The highest BCUT2D eigenvalue weighted by atomic mass is 32.1. The zero-order chi connectivity index (χ0) is 13.6. The minimum Gasteiger partial charge on any atom is -0.391 e. The zero-order valence-electron chi connectivity index (χ0n) is 11.2. The molecule has 3 aromatic rings. The molecular formula is C14H16N4S. The maximum Gasteiger partial charge on any atom is 0.151 e. The van der Waals surface area contributed by atoms with E-state index in [2.05, 4.69) is 30.3 Å². The minimum absolute atomic E-state index is 0.338. The van der Waals surface area contributed by atoms with Crippen LogP contribution in [0.2, 0.25) is 0 Å². The van der Waals surface area contributed by atoms with Crippen molar-refractivity contribution in [1.29, 1.82) is 0 Å². The van der Waals surface area contributed by atoms with Gasteiger partial charge in [0.05, 0.1) is 21.6 Å². The molecule has 0 amide bonds. The number of nitrogens with zero attached hydrogens (tertiary/aromatic N) is 3. The molecule has 0 bridgehead atoms. The molecule has 0 saturated carbocycles. The summed E-state index contributed by atoms with van der Waals surface area (Å²) < 4.78 is 2.25. The van der Waals surface area contributed by atoms with Gasteiger partial charge in [0, 0.05) is 12.2 Å². The molecular weight excluding hydrogens is 256 g/mol. The molecule has 3 heterocycles. The molecule has 3 aromatic heterocycles. The minimum atomic E-state index is 0.338. The van der Waals surface area contributed by atoms with Crippen LogP contribution in [-0.4, -0.2) is 14.5 Å². The van der Waals surface area contributed by atoms with E-state index in [0.29, 0.717) is 6.04 Å². The summed E-state index contributed by atoms with van der Waals surface area (Å²) in [5.74, 6) is 0.984. The number of aryl methyl sites for hydroxylation is 1. The van der Waals surface area contributed by atoms with Crippen LogP contribution in [0.3, 0.4) is 0 Å². The highest BCUT2D eigenvalue weighted by molar-refractivity contribution is 7.19. The average molecular weight is 272 g/mol. The predicted octanol–water partition coefficient (Wildman–Crippen LogP) is 3.63. The van der Waals surface area contributed by atoms with E-state index in [-0.39, 0.29) is 0 Å². The molecule has 0 radical (unpaired) electrons. The smallest absolute Gasteiger partial charge is 0.151 e. The van der Waals surface area contributed by atoms with Gasteiger partial charge in [0.15, 0.2) is 5.82 Å². The molecule has 0 aliphatic carbocycles. The lowest BCUT2D eigenvalue weighted by atomic mass is 10.2. The first kappa shape index (κ1) is 12.2. The van der Waals surface area contributed by atoms with Gasteiger partial charge in [0.25, 0.3) is 0 Å². The Balaban J connectivity index is 2.34. The monoisotopic (exact) mass is 272 g/mol. The Morgan fingerprint density at radius 2 is 2.16 bits per heavy atom. The van der Waals surface area contributed by atoms with Gasteiger partial charge in [-0.25, -0.2) is 4.98 Å². The van der Waals surface area contributed by atoms with Crippen molar-refractivity contribution in [2.45, 2.75) is 26.8 Å². The van der Waals surface area contributed by atoms with Gasteiger partial charge in [-0.15, -0.1) is 11.3 Å². The molecule has 0 fully saturated rings. The van der Waals surface area contributed by atoms with Crippen LogP contribution in [0.5, 0.6) is 0 Å². The summed E-state index contributed by atoms with van der Waals surface area (Å²) in [7, 11) is 0. The van der Waals surface area contributed by atoms with Crippen LogP contribution in [0, 0.1) is 6.92 Å². The Bertz CT molecular complexity index is 739. The first-order valence-electron chi connectivity index (χ1n) is 6.26. The number of pyridine rings is 1. The van der Waals surface area contributed by atoms with Gasteiger partial charge >= 0.3 is 0 Å². The summed E-state index contributed by atoms with van der Waals surface area (Å²) in [4.78, 5) is 10.0. The van der Waals surface area contributed by atoms with Crippen molar-refractivity contribution in [3.63, 3.8) is 0 Å². The molecule has 98 valence electrons. The van der Waals surface area contributed by atoms with E-state index >= 15 is 0 Å². The number of fused-ring (bicyclic) bond motifs is 1. The zero-order valence-corrected chi connectivity index (χ0v) is 12.0.